The van der Waals surface area contributed by atoms with Crippen molar-refractivity contribution >= 4 is 33.4 Å². The van der Waals surface area contributed by atoms with Crippen LogP contribution in [0.1, 0.15) is 59.3 Å². The lowest BCUT2D eigenvalue weighted by Gasteiger charge is -2.41. The Morgan fingerprint density at radius 2 is 0.672 bits per heavy atom. The Morgan fingerprint density at radius 1 is 0.403 bits per heavy atom. The van der Waals surface area contributed by atoms with Crippen molar-refractivity contribution in [1.29, 1.82) is 0 Å². The van der Waals surface area contributed by atoms with E-state index in [0.29, 0.717) is 56.4 Å². The molecule has 0 aliphatic rings. The summed E-state index contributed by atoms with van der Waals surface area (Å²) in [7, 11) is 6.26. The lowest BCUT2D eigenvalue weighted by Crippen LogP contribution is -2.55. The molecule has 0 radical (unpaired) electrons. The number of carbonyl (C=O) groups is 2. The Kier molecular flexibility index (Phi) is 13.0. The summed E-state index contributed by atoms with van der Waals surface area (Å²) in [5.41, 5.74) is -2.64. The van der Waals surface area contributed by atoms with Gasteiger partial charge in [-0.25, -0.2) is 0 Å². The van der Waals surface area contributed by atoms with Gasteiger partial charge in [-0.05, 0) is 117 Å². The van der Waals surface area contributed by atoms with Crippen LogP contribution in [-0.4, -0.2) is 50.5 Å². The van der Waals surface area contributed by atoms with Gasteiger partial charge in [0.15, 0.2) is 0 Å². The van der Waals surface area contributed by atoms with Crippen LogP contribution in [0.4, 0.5) is 0 Å². The van der Waals surface area contributed by atoms with Gasteiger partial charge in [0.05, 0.1) is 40.5 Å². The molecule has 0 aliphatic carbocycles. The van der Waals surface area contributed by atoms with Gasteiger partial charge in [0, 0.05) is 0 Å². The minimum absolute atomic E-state index is 0.457. The lowest BCUT2D eigenvalue weighted by atomic mass is 9.75. The molecule has 0 spiro atoms. The first kappa shape index (κ1) is 45.9. The molecule has 2 unspecified atom stereocenters. The second-order valence-corrected chi connectivity index (χ2v) is 17.0. The predicted octanol–water partition coefficient (Wildman–Crippen LogP) is 9.94. The molecule has 0 bridgehead atoms. The molecule has 8 aromatic rings. The maximum absolute atomic E-state index is 15.4. The van der Waals surface area contributed by atoms with Gasteiger partial charge in [0.25, 0.3) is 0 Å². The normalized spacial score (nSPS) is 12.8. The summed E-state index contributed by atoms with van der Waals surface area (Å²) in [6.07, 6.45) is 0. The molecule has 2 amide bonds. The molecule has 10 nitrogen and oxygen atoms in total. The molecular formula is C57H54N2O8. The first-order valence-electron chi connectivity index (χ1n) is 22.0. The standard InChI is InChI=1S/C57H54N2O8/c1-55(2,53(60)58-51(49-19-11-15-37-13-7-9-17-47(37)49)56(62,39-21-29-43(64-3)30-22-39)40-23-31-44(65-4)32-24-40)54(61)59-52(50-20-12-16-38-14-8-10-18-48(38)50)57(63,41-25-33-45(66-5)34-26-41)42-27-35-46(67-6)36-28-42/h7-36,51-52,62-63H,1-6H3,(H,58,60)(H,59,61). The number of methoxy groups -OCH3 is 4. The molecule has 10 heteroatoms. The summed E-state index contributed by atoms with van der Waals surface area (Å²) in [4.78, 5) is 30.8. The van der Waals surface area contributed by atoms with E-state index in [9.17, 15) is 10.2 Å². The monoisotopic (exact) mass is 894 g/mol. The van der Waals surface area contributed by atoms with Crippen molar-refractivity contribution in [3.63, 3.8) is 0 Å². The molecule has 4 N–H and O–H groups in total. The smallest absolute Gasteiger partial charge is 0.235 e. The molecule has 8 aromatic carbocycles. The molecule has 340 valence electrons. The van der Waals surface area contributed by atoms with Crippen LogP contribution in [0.5, 0.6) is 23.0 Å². The molecule has 0 heterocycles. The van der Waals surface area contributed by atoms with Gasteiger partial charge in [0.1, 0.15) is 39.6 Å². The largest absolute Gasteiger partial charge is 0.497 e. The van der Waals surface area contributed by atoms with E-state index in [1.165, 1.54) is 13.8 Å². The number of benzene rings is 8. The number of fused-ring (bicyclic) bond motifs is 2. The highest BCUT2D eigenvalue weighted by molar-refractivity contribution is 6.05. The number of hydrogen-bond acceptors (Lipinski definition) is 8. The molecular weight excluding hydrogens is 841 g/mol. The summed E-state index contributed by atoms with van der Waals surface area (Å²) in [5.74, 6) is 0.947. The van der Waals surface area contributed by atoms with Gasteiger partial charge in [-0.3, -0.25) is 9.59 Å². The van der Waals surface area contributed by atoms with Crippen LogP contribution in [0.2, 0.25) is 0 Å². The second kappa shape index (κ2) is 19.1. The van der Waals surface area contributed by atoms with Crippen LogP contribution in [0.25, 0.3) is 21.5 Å². The third kappa shape index (κ3) is 8.65. The number of rotatable bonds is 16. The summed E-state index contributed by atoms with van der Waals surface area (Å²) >= 11 is 0. The summed E-state index contributed by atoms with van der Waals surface area (Å²) < 4.78 is 22.0. The minimum Gasteiger partial charge on any atom is -0.497 e. The SMILES string of the molecule is COc1ccc(C(O)(c2ccc(OC)cc2)C(NC(=O)C(C)(C)C(=O)NC(c2cccc3ccccc23)C(O)(c2ccc(OC)cc2)c2ccc(OC)cc2)c2cccc3ccccc23)cc1. The zero-order chi connectivity index (χ0) is 47.3. The summed E-state index contributed by atoms with van der Waals surface area (Å²) in [6.45, 7) is 3.08. The van der Waals surface area contributed by atoms with Crippen molar-refractivity contribution in [3.05, 3.63) is 215 Å². The van der Waals surface area contributed by atoms with Crippen LogP contribution in [0.3, 0.4) is 0 Å². The van der Waals surface area contributed by atoms with Gasteiger partial charge in [0.2, 0.25) is 11.8 Å². The number of nitrogens with one attached hydrogen (secondary N) is 2. The predicted molar refractivity (Wildman–Crippen MR) is 261 cm³/mol. The molecule has 0 saturated heterocycles. The van der Waals surface area contributed by atoms with Gasteiger partial charge < -0.3 is 39.8 Å². The van der Waals surface area contributed by atoms with E-state index in [-0.39, 0.29) is 0 Å². The zero-order valence-corrected chi connectivity index (χ0v) is 38.3. The summed E-state index contributed by atoms with van der Waals surface area (Å²) in [6, 6.07) is 52.7. The van der Waals surface area contributed by atoms with Gasteiger partial charge >= 0.3 is 0 Å². The maximum atomic E-state index is 15.4. The molecule has 0 aliphatic heterocycles. The molecule has 0 aromatic heterocycles. The van der Waals surface area contributed by atoms with Crippen molar-refractivity contribution in [2.45, 2.75) is 37.1 Å². The van der Waals surface area contributed by atoms with Crippen molar-refractivity contribution < 1.29 is 38.7 Å². The third-order valence-corrected chi connectivity index (χ3v) is 12.9. The second-order valence-electron chi connectivity index (χ2n) is 17.0. The van der Waals surface area contributed by atoms with E-state index in [0.717, 1.165) is 21.5 Å². The fourth-order valence-electron chi connectivity index (χ4n) is 8.93. The minimum atomic E-state index is -1.93. The average molecular weight is 895 g/mol. The lowest BCUT2D eigenvalue weighted by molar-refractivity contribution is -0.144. The van der Waals surface area contributed by atoms with Crippen LogP contribution >= 0.6 is 0 Å². The number of aliphatic hydroxyl groups is 2. The number of hydrogen-bond donors (Lipinski definition) is 4. The molecule has 2 atom stereocenters. The Hall–Kier alpha value is -7.66. The van der Waals surface area contributed by atoms with E-state index < -0.39 is 40.5 Å². The van der Waals surface area contributed by atoms with Crippen LogP contribution in [0.15, 0.2) is 182 Å². The highest BCUT2D eigenvalue weighted by Gasteiger charge is 2.49. The fourth-order valence-corrected chi connectivity index (χ4v) is 8.93. The van der Waals surface area contributed by atoms with E-state index in [2.05, 4.69) is 10.6 Å². The van der Waals surface area contributed by atoms with E-state index in [4.69, 9.17) is 18.9 Å². The first-order valence-corrected chi connectivity index (χ1v) is 22.0. The highest BCUT2D eigenvalue weighted by atomic mass is 16.5. The van der Waals surface area contributed by atoms with E-state index in [1.54, 1.807) is 126 Å². The zero-order valence-electron chi connectivity index (χ0n) is 38.3. The molecule has 8 rings (SSSR count). The third-order valence-electron chi connectivity index (χ3n) is 12.9. The van der Waals surface area contributed by atoms with Crippen LogP contribution < -0.4 is 29.6 Å². The van der Waals surface area contributed by atoms with Gasteiger partial charge in [-0.15, -0.1) is 0 Å². The topological polar surface area (TPSA) is 136 Å². The fraction of sp³-hybridized carbons (Fsp3) is 0.193. The summed E-state index contributed by atoms with van der Waals surface area (Å²) in [5, 5.41) is 36.9. The van der Waals surface area contributed by atoms with Gasteiger partial charge in [-0.2, -0.15) is 0 Å². The molecule has 0 saturated carbocycles. The Bertz CT molecular complexity index is 2690. The Morgan fingerprint density at radius 3 is 0.955 bits per heavy atom. The average Bonchev–Trinajstić information content (AvgIpc) is 3.38. The first-order chi connectivity index (χ1) is 32.4. The Labute approximate surface area is 390 Å². The number of carbonyl (C=O) groups excluding carboxylic acids is 2. The van der Waals surface area contributed by atoms with E-state index in [1.807, 2.05) is 84.9 Å². The van der Waals surface area contributed by atoms with Crippen molar-refractivity contribution in [2.75, 3.05) is 28.4 Å². The highest BCUT2D eigenvalue weighted by Crippen LogP contribution is 2.47. The number of ether oxygens (including phenoxy) is 4. The Balaban J connectivity index is 1.28. The van der Waals surface area contributed by atoms with Gasteiger partial charge in [-0.1, -0.05) is 133 Å². The molecule has 0 fully saturated rings. The van der Waals surface area contributed by atoms with Crippen molar-refractivity contribution in [1.82, 2.24) is 10.6 Å². The van der Waals surface area contributed by atoms with Crippen molar-refractivity contribution in [2.24, 2.45) is 5.41 Å². The molecule has 67 heavy (non-hydrogen) atoms. The quantitative estimate of drug-likeness (QED) is 0.0705. The maximum Gasteiger partial charge on any atom is 0.235 e. The van der Waals surface area contributed by atoms with E-state index >= 15 is 9.59 Å². The van der Waals surface area contributed by atoms with Crippen LogP contribution in [0, 0.1) is 5.41 Å². The van der Waals surface area contributed by atoms with Crippen molar-refractivity contribution in [3.8, 4) is 23.0 Å². The van der Waals surface area contributed by atoms with Crippen LogP contribution in [-0.2, 0) is 20.8 Å². The number of amides is 2.